The highest BCUT2D eigenvalue weighted by molar-refractivity contribution is 7.43. The first-order valence-corrected chi connectivity index (χ1v) is 7.19. The van der Waals surface area contributed by atoms with Gasteiger partial charge in [0, 0.05) is 6.42 Å². The molecule has 0 amide bonds. The molecule has 1 heterocycles. The maximum Gasteiger partial charge on any atom is 0.165 e. The molecule has 0 aromatic carbocycles. The van der Waals surface area contributed by atoms with E-state index in [0.717, 1.165) is 0 Å². The third-order valence-electron chi connectivity index (χ3n) is 1.83. The second-order valence-electron chi connectivity index (χ2n) is 3.20. The Kier molecular flexibility index (Phi) is 4.84. The van der Waals surface area contributed by atoms with Crippen LogP contribution in [-0.2, 0) is 22.9 Å². The highest BCUT2D eigenvalue weighted by Gasteiger charge is 2.35. The monoisotopic (exact) mass is 290 g/mol. The summed E-state index contributed by atoms with van der Waals surface area (Å²) in [5, 5.41) is 9.28. The van der Waals surface area contributed by atoms with Crippen LogP contribution in [0, 0.1) is 0 Å². The summed E-state index contributed by atoms with van der Waals surface area (Å²) in [4.78, 5) is 40.7. The molecule has 1 fully saturated rings. The van der Waals surface area contributed by atoms with Crippen LogP contribution in [0.15, 0.2) is 0 Å². The fourth-order valence-corrected chi connectivity index (χ4v) is 1.97. The van der Waals surface area contributed by atoms with Crippen molar-refractivity contribution in [1.82, 2.24) is 0 Å². The van der Waals surface area contributed by atoms with Crippen LogP contribution in [0.2, 0.25) is 0 Å². The SMILES string of the molecule is O=P([O-])([O-])OC[C@H]1O[C@H](OP(=O)([O-])[O-])C[C@@H]1O. The van der Waals surface area contributed by atoms with E-state index in [0.29, 0.717) is 0 Å². The molecule has 1 rings (SSSR count). The molecule has 0 aromatic heterocycles. The second-order valence-corrected chi connectivity index (χ2v) is 5.46. The number of hydrogen-bond donors (Lipinski definition) is 1. The Hall–Kier alpha value is 0.140. The molecule has 1 aliphatic heterocycles. The number of rotatable bonds is 5. The lowest BCUT2D eigenvalue weighted by atomic mass is 10.2. The van der Waals surface area contributed by atoms with E-state index < -0.39 is 40.8 Å². The molecular formula is C5H8O10P2-4. The molecule has 102 valence electrons. The molecular weight excluding hydrogens is 282 g/mol. The van der Waals surface area contributed by atoms with Gasteiger partial charge in [-0.3, -0.25) is 0 Å². The fraction of sp³-hybridized carbons (Fsp3) is 1.00. The van der Waals surface area contributed by atoms with Crippen molar-refractivity contribution in [3.05, 3.63) is 0 Å². The Balaban J connectivity index is 2.45. The van der Waals surface area contributed by atoms with Crippen molar-refractivity contribution in [3.63, 3.8) is 0 Å². The van der Waals surface area contributed by atoms with Gasteiger partial charge >= 0.3 is 0 Å². The predicted molar refractivity (Wildman–Crippen MR) is 41.5 cm³/mol. The van der Waals surface area contributed by atoms with Gasteiger partial charge in [-0.15, -0.1) is 0 Å². The smallest absolute Gasteiger partial charge is 0.165 e. The average Bonchev–Trinajstić information content (AvgIpc) is 2.38. The lowest BCUT2D eigenvalue weighted by molar-refractivity contribution is -0.354. The van der Waals surface area contributed by atoms with Crippen molar-refractivity contribution < 1.29 is 47.6 Å². The molecule has 12 heteroatoms. The number of ether oxygens (including phenoxy) is 1. The van der Waals surface area contributed by atoms with Crippen LogP contribution in [0.4, 0.5) is 0 Å². The summed E-state index contributed by atoms with van der Waals surface area (Å²) >= 11 is 0. The largest absolute Gasteiger partial charge is 0.790 e. The van der Waals surface area contributed by atoms with Gasteiger partial charge < -0.3 is 47.6 Å². The first-order chi connectivity index (χ1) is 7.57. The van der Waals surface area contributed by atoms with Crippen molar-refractivity contribution in [2.45, 2.75) is 24.9 Å². The topological polar surface area (TPSA) is 174 Å². The van der Waals surface area contributed by atoms with E-state index in [4.69, 9.17) is 0 Å². The van der Waals surface area contributed by atoms with Gasteiger partial charge in [0.1, 0.15) is 6.10 Å². The average molecular weight is 290 g/mol. The van der Waals surface area contributed by atoms with Gasteiger partial charge in [-0.05, 0) is 0 Å². The number of phosphoric acid groups is 2. The van der Waals surface area contributed by atoms with E-state index in [1.54, 1.807) is 0 Å². The highest BCUT2D eigenvalue weighted by Crippen LogP contribution is 2.35. The summed E-state index contributed by atoms with van der Waals surface area (Å²) in [6.45, 7) is -0.784. The summed E-state index contributed by atoms with van der Waals surface area (Å²) < 4.78 is 32.8. The van der Waals surface area contributed by atoms with E-state index in [2.05, 4.69) is 13.8 Å². The molecule has 0 aliphatic carbocycles. The minimum Gasteiger partial charge on any atom is -0.790 e. The Morgan fingerprint density at radius 1 is 1.24 bits per heavy atom. The summed E-state index contributed by atoms with van der Waals surface area (Å²) in [7, 11) is -10.5. The number of hydrogen-bond acceptors (Lipinski definition) is 10. The maximum atomic E-state index is 10.2. The molecule has 1 saturated heterocycles. The Morgan fingerprint density at radius 2 is 1.82 bits per heavy atom. The zero-order valence-corrected chi connectivity index (χ0v) is 9.95. The van der Waals surface area contributed by atoms with Crippen molar-refractivity contribution in [2.75, 3.05) is 6.61 Å². The standard InChI is InChI=1S/C5H12O10P2/c6-3-1-5(15-17(10,11)12)14-4(3)2-13-16(7,8)9/h3-6H,1-2H2,(H2,7,8,9)(H2,10,11,12)/p-4/t3-,4+,5+/m0/s1. The van der Waals surface area contributed by atoms with Gasteiger partial charge in [-0.1, -0.05) is 0 Å². The van der Waals surface area contributed by atoms with Crippen LogP contribution in [0.1, 0.15) is 6.42 Å². The van der Waals surface area contributed by atoms with Gasteiger partial charge in [0.05, 0.1) is 28.4 Å². The Bertz CT molecular complexity index is 345. The zero-order chi connectivity index (χ0) is 13.3. The highest BCUT2D eigenvalue weighted by atomic mass is 31.2. The van der Waals surface area contributed by atoms with Gasteiger partial charge in [0.15, 0.2) is 6.29 Å². The normalized spacial score (nSPS) is 30.8. The predicted octanol–water partition coefficient (Wildman–Crippen LogP) is -3.85. The van der Waals surface area contributed by atoms with Gasteiger partial charge in [-0.2, -0.15) is 0 Å². The van der Waals surface area contributed by atoms with Crippen LogP contribution >= 0.6 is 15.6 Å². The van der Waals surface area contributed by atoms with Crippen molar-refractivity contribution in [3.8, 4) is 0 Å². The first-order valence-electron chi connectivity index (χ1n) is 4.27. The van der Waals surface area contributed by atoms with E-state index >= 15 is 0 Å². The molecule has 0 radical (unpaired) electrons. The van der Waals surface area contributed by atoms with Crippen LogP contribution in [0.3, 0.4) is 0 Å². The molecule has 1 N–H and O–H groups in total. The Labute approximate surface area is 95.6 Å². The van der Waals surface area contributed by atoms with Gasteiger partial charge in [0.25, 0.3) is 0 Å². The third-order valence-corrected chi connectivity index (χ3v) is 2.79. The van der Waals surface area contributed by atoms with E-state index in [-0.39, 0.29) is 6.42 Å². The Morgan fingerprint density at radius 3 is 2.29 bits per heavy atom. The first kappa shape index (κ1) is 15.2. The van der Waals surface area contributed by atoms with Crippen molar-refractivity contribution in [1.29, 1.82) is 0 Å². The minimum atomic E-state index is -5.27. The molecule has 17 heavy (non-hydrogen) atoms. The second kappa shape index (κ2) is 5.41. The minimum absolute atomic E-state index is 0.357. The molecule has 0 spiro atoms. The number of aliphatic hydroxyl groups is 1. The summed E-state index contributed by atoms with van der Waals surface area (Å²) in [5.74, 6) is 0. The molecule has 1 aliphatic rings. The van der Waals surface area contributed by atoms with Crippen molar-refractivity contribution in [2.24, 2.45) is 0 Å². The lowest BCUT2D eigenvalue weighted by Gasteiger charge is -2.32. The van der Waals surface area contributed by atoms with Crippen LogP contribution in [0.25, 0.3) is 0 Å². The third kappa shape index (κ3) is 6.03. The van der Waals surface area contributed by atoms with E-state index in [1.807, 2.05) is 0 Å². The molecule has 0 aromatic rings. The lowest BCUT2D eigenvalue weighted by Crippen LogP contribution is -2.29. The van der Waals surface area contributed by atoms with Gasteiger partial charge in [0.2, 0.25) is 0 Å². The fourth-order valence-electron chi connectivity index (χ4n) is 1.22. The number of aliphatic hydroxyl groups excluding tert-OH is 1. The molecule has 0 unspecified atom stereocenters. The zero-order valence-electron chi connectivity index (χ0n) is 8.16. The molecule has 10 nitrogen and oxygen atoms in total. The van der Waals surface area contributed by atoms with Gasteiger partial charge in [-0.25, -0.2) is 0 Å². The van der Waals surface area contributed by atoms with Crippen LogP contribution in [-0.4, -0.2) is 30.2 Å². The molecule has 0 saturated carbocycles. The summed E-state index contributed by atoms with van der Waals surface area (Å²) in [5.41, 5.74) is 0. The summed E-state index contributed by atoms with van der Waals surface area (Å²) in [6.07, 6.45) is -4.44. The maximum absolute atomic E-state index is 10.2. The molecule has 3 atom stereocenters. The van der Waals surface area contributed by atoms with E-state index in [9.17, 15) is 33.8 Å². The molecule has 0 bridgehead atoms. The number of phosphoric ester groups is 2. The summed E-state index contributed by atoms with van der Waals surface area (Å²) in [6, 6.07) is 0. The quantitative estimate of drug-likeness (QED) is 0.493. The van der Waals surface area contributed by atoms with Crippen LogP contribution in [0.5, 0.6) is 0 Å². The van der Waals surface area contributed by atoms with Crippen molar-refractivity contribution >= 4 is 15.6 Å². The van der Waals surface area contributed by atoms with Crippen LogP contribution < -0.4 is 19.6 Å². The van der Waals surface area contributed by atoms with E-state index in [1.165, 1.54) is 0 Å².